The largest absolute Gasteiger partial charge is 0.480 e. The van der Waals surface area contributed by atoms with Gasteiger partial charge in [0.05, 0.1) is 5.75 Å². The molecule has 1 saturated carbocycles. The van der Waals surface area contributed by atoms with E-state index in [2.05, 4.69) is 22.5 Å². The van der Waals surface area contributed by atoms with E-state index in [0.717, 1.165) is 46.7 Å². The standard InChI is InChI=1S/C33H46N2O5S2/c1-23-9-7-8-12-28(23)30-20-25(13-16-29(30)32(36)34-31(33(37)38)17-18-42(3,39)40)21-35-26(14-15-27(35)22-41-2)19-24-10-5-4-6-11-24/h7-9,12-13,16,20,24,26-27,31H,4-6,10-11,14-15,17-19,21-22H2,1-3H3,(H,34,36)(H,37,38)/t26-,27+,31-/m0/s1. The van der Waals surface area contributed by atoms with Crippen LogP contribution in [0.25, 0.3) is 11.1 Å². The number of nitrogens with zero attached hydrogens (tertiary/aromatic N) is 1. The maximum Gasteiger partial charge on any atom is 0.326 e. The van der Waals surface area contributed by atoms with Crippen molar-refractivity contribution in [2.24, 2.45) is 5.92 Å². The monoisotopic (exact) mass is 614 g/mol. The molecule has 1 heterocycles. The minimum Gasteiger partial charge on any atom is -0.480 e. The Balaban J connectivity index is 1.62. The number of nitrogens with one attached hydrogen (secondary N) is 1. The number of carbonyl (C=O) groups excluding carboxylic acids is 1. The van der Waals surface area contributed by atoms with Crippen molar-refractivity contribution in [1.29, 1.82) is 0 Å². The number of amides is 1. The molecule has 42 heavy (non-hydrogen) atoms. The van der Waals surface area contributed by atoms with Gasteiger partial charge in [-0.15, -0.1) is 0 Å². The van der Waals surface area contributed by atoms with Crippen LogP contribution < -0.4 is 5.32 Å². The van der Waals surface area contributed by atoms with E-state index in [-0.39, 0.29) is 12.2 Å². The fourth-order valence-corrected chi connectivity index (χ4v) is 8.13. The van der Waals surface area contributed by atoms with Gasteiger partial charge in [0.25, 0.3) is 5.91 Å². The number of hydrogen-bond donors (Lipinski definition) is 2. The van der Waals surface area contributed by atoms with Crippen LogP contribution in [0.5, 0.6) is 0 Å². The number of rotatable bonds is 13. The normalized spacial score (nSPS) is 20.8. The van der Waals surface area contributed by atoms with E-state index in [1.807, 2.05) is 49.0 Å². The Morgan fingerprint density at radius 3 is 2.40 bits per heavy atom. The van der Waals surface area contributed by atoms with Gasteiger partial charge in [-0.2, -0.15) is 11.8 Å². The SMILES string of the molecule is CSC[C@H]1CC[C@@H](CC2CCCCC2)N1Cc1ccc(C(=O)N[C@@H](CCS(C)(=O)=O)C(=O)O)c(-c2ccccc2C)c1. The molecule has 1 amide bonds. The van der Waals surface area contributed by atoms with Crippen molar-refractivity contribution in [3.63, 3.8) is 0 Å². The molecule has 9 heteroatoms. The smallest absolute Gasteiger partial charge is 0.326 e. The van der Waals surface area contributed by atoms with Gasteiger partial charge in [0.2, 0.25) is 0 Å². The summed E-state index contributed by atoms with van der Waals surface area (Å²) < 4.78 is 23.3. The van der Waals surface area contributed by atoms with Crippen molar-refractivity contribution in [3.05, 3.63) is 59.2 Å². The van der Waals surface area contributed by atoms with Crippen molar-refractivity contribution in [1.82, 2.24) is 10.2 Å². The summed E-state index contributed by atoms with van der Waals surface area (Å²) in [4.78, 5) is 28.1. The lowest BCUT2D eigenvalue weighted by Gasteiger charge is -2.33. The Kier molecular flexibility index (Phi) is 11.5. The first-order valence-corrected chi connectivity index (χ1v) is 18.7. The minimum atomic E-state index is -3.37. The molecule has 4 rings (SSSR count). The summed E-state index contributed by atoms with van der Waals surface area (Å²) in [5.41, 5.74) is 4.23. The van der Waals surface area contributed by atoms with E-state index in [1.54, 1.807) is 6.07 Å². The van der Waals surface area contributed by atoms with Crippen molar-refractivity contribution in [2.45, 2.75) is 89.4 Å². The molecule has 1 aliphatic carbocycles. The van der Waals surface area contributed by atoms with Gasteiger partial charge in [0, 0.05) is 36.2 Å². The number of carbonyl (C=O) groups is 2. The quantitative estimate of drug-likeness (QED) is 0.288. The van der Waals surface area contributed by atoms with Gasteiger partial charge in [-0.05, 0) is 79.2 Å². The molecule has 1 saturated heterocycles. The van der Waals surface area contributed by atoms with Crippen LogP contribution in [-0.4, -0.2) is 72.4 Å². The van der Waals surface area contributed by atoms with Gasteiger partial charge in [0.15, 0.2) is 0 Å². The predicted molar refractivity (Wildman–Crippen MR) is 172 cm³/mol. The summed E-state index contributed by atoms with van der Waals surface area (Å²) in [5.74, 6) is -0.159. The predicted octanol–water partition coefficient (Wildman–Crippen LogP) is 5.95. The first-order valence-electron chi connectivity index (χ1n) is 15.2. The van der Waals surface area contributed by atoms with E-state index in [1.165, 1.54) is 51.4 Å². The minimum absolute atomic E-state index is 0.189. The lowest BCUT2D eigenvalue weighted by Crippen LogP contribution is -2.42. The molecule has 0 spiro atoms. The molecule has 2 N–H and O–H groups in total. The number of sulfone groups is 1. The molecule has 7 nitrogen and oxygen atoms in total. The van der Waals surface area contributed by atoms with Gasteiger partial charge < -0.3 is 10.4 Å². The number of benzene rings is 2. The van der Waals surface area contributed by atoms with Crippen molar-refractivity contribution >= 4 is 33.5 Å². The summed E-state index contributed by atoms with van der Waals surface area (Å²) in [6.45, 7) is 2.82. The van der Waals surface area contributed by atoms with Crippen molar-refractivity contribution < 1.29 is 23.1 Å². The average molecular weight is 615 g/mol. The molecule has 0 unspecified atom stereocenters. The van der Waals surface area contributed by atoms with Crippen LogP contribution in [-0.2, 0) is 21.2 Å². The van der Waals surface area contributed by atoms with Gasteiger partial charge in [-0.3, -0.25) is 9.69 Å². The number of carboxylic acids is 1. The maximum absolute atomic E-state index is 13.5. The van der Waals surface area contributed by atoms with Crippen LogP contribution in [0.3, 0.4) is 0 Å². The van der Waals surface area contributed by atoms with Crippen LogP contribution >= 0.6 is 11.8 Å². The second-order valence-electron chi connectivity index (χ2n) is 12.2. The molecule has 230 valence electrons. The van der Waals surface area contributed by atoms with Crippen LogP contribution in [0.4, 0.5) is 0 Å². The highest BCUT2D eigenvalue weighted by Crippen LogP contribution is 2.37. The van der Waals surface area contributed by atoms with Crippen molar-refractivity contribution in [3.8, 4) is 11.1 Å². The number of carboxylic acid groups (broad SMARTS) is 1. The van der Waals surface area contributed by atoms with Crippen molar-refractivity contribution in [2.75, 3.05) is 24.0 Å². The number of likely N-dealkylation sites (tertiary alicyclic amines) is 1. The maximum atomic E-state index is 13.5. The summed E-state index contributed by atoms with van der Waals surface area (Å²) in [5, 5.41) is 12.3. The highest BCUT2D eigenvalue weighted by atomic mass is 32.2. The van der Waals surface area contributed by atoms with E-state index >= 15 is 0 Å². The zero-order valence-corrected chi connectivity index (χ0v) is 26.8. The highest BCUT2D eigenvalue weighted by Gasteiger charge is 2.35. The molecule has 2 aliphatic rings. The molecule has 1 aliphatic heterocycles. The van der Waals surface area contributed by atoms with Gasteiger partial charge in [-0.25, -0.2) is 13.2 Å². The summed E-state index contributed by atoms with van der Waals surface area (Å²) >= 11 is 1.90. The Morgan fingerprint density at radius 1 is 1.02 bits per heavy atom. The molecule has 0 radical (unpaired) electrons. The molecular formula is C33H46N2O5S2. The van der Waals surface area contributed by atoms with Gasteiger partial charge in [-0.1, -0.05) is 62.4 Å². The van der Waals surface area contributed by atoms with Crippen LogP contribution in [0.2, 0.25) is 0 Å². The fraction of sp³-hybridized carbons (Fsp3) is 0.576. The Labute approximate surface area is 255 Å². The second kappa shape index (κ2) is 14.9. The third-order valence-electron chi connectivity index (χ3n) is 8.97. The van der Waals surface area contributed by atoms with Crippen LogP contribution in [0, 0.1) is 12.8 Å². The second-order valence-corrected chi connectivity index (χ2v) is 15.4. The van der Waals surface area contributed by atoms with E-state index < -0.39 is 27.8 Å². The molecule has 2 aromatic carbocycles. The third-order valence-corrected chi connectivity index (χ3v) is 10.7. The first kappa shape index (κ1) is 32.6. The summed E-state index contributed by atoms with van der Waals surface area (Å²) in [6.07, 6.45) is 13.5. The lowest BCUT2D eigenvalue weighted by molar-refractivity contribution is -0.139. The van der Waals surface area contributed by atoms with Gasteiger partial charge in [0.1, 0.15) is 15.9 Å². The zero-order chi connectivity index (χ0) is 30.3. The van der Waals surface area contributed by atoms with E-state index in [4.69, 9.17) is 0 Å². The van der Waals surface area contributed by atoms with Crippen LogP contribution in [0.15, 0.2) is 42.5 Å². The van der Waals surface area contributed by atoms with E-state index in [0.29, 0.717) is 17.6 Å². The first-order chi connectivity index (χ1) is 20.1. The molecule has 0 bridgehead atoms. The zero-order valence-electron chi connectivity index (χ0n) is 25.2. The molecular weight excluding hydrogens is 569 g/mol. The van der Waals surface area contributed by atoms with Gasteiger partial charge >= 0.3 is 5.97 Å². The molecule has 2 aromatic rings. The Morgan fingerprint density at radius 2 is 1.74 bits per heavy atom. The number of thioether (sulfide) groups is 1. The molecule has 3 atom stereocenters. The van der Waals surface area contributed by atoms with E-state index in [9.17, 15) is 23.1 Å². The summed E-state index contributed by atoms with van der Waals surface area (Å²) in [7, 11) is -3.37. The summed E-state index contributed by atoms with van der Waals surface area (Å²) in [6, 6.07) is 13.6. The van der Waals surface area contributed by atoms with Crippen LogP contribution in [0.1, 0.15) is 79.3 Å². The highest BCUT2D eigenvalue weighted by molar-refractivity contribution is 7.98. The molecule has 2 fully saturated rings. The fourth-order valence-electron chi connectivity index (χ4n) is 6.73. The number of aryl methyl sites for hydroxylation is 1. The Bertz CT molecular complexity index is 1340. The average Bonchev–Trinajstić information content (AvgIpc) is 3.31. The molecule has 0 aromatic heterocycles. The Hall–Kier alpha value is -2.36. The topological polar surface area (TPSA) is 104 Å². The number of aliphatic carboxylic acids is 1. The third kappa shape index (κ3) is 8.83. The lowest BCUT2D eigenvalue weighted by atomic mass is 9.84. The number of hydrogen-bond acceptors (Lipinski definition) is 6.